The van der Waals surface area contributed by atoms with Gasteiger partial charge in [-0.2, -0.15) is 5.26 Å². The van der Waals surface area contributed by atoms with Crippen molar-refractivity contribution in [2.24, 2.45) is 5.14 Å². The molecule has 1 aromatic rings. The van der Waals surface area contributed by atoms with E-state index in [4.69, 9.17) is 22.0 Å². The third-order valence-corrected chi connectivity index (χ3v) is 2.73. The fourth-order valence-electron chi connectivity index (χ4n) is 0.949. The van der Waals surface area contributed by atoms with E-state index in [0.717, 1.165) is 0 Å². The molecule has 0 bridgehead atoms. The van der Waals surface area contributed by atoms with Crippen LogP contribution in [-0.4, -0.2) is 13.4 Å². The fourth-order valence-corrected chi connectivity index (χ4v) is 1.85. The van der Waals surface area contributed by atoms with Crippen LogP contribution >= 0.6 is 11.6 Å². The van der Waals surface area contributed by atoms with Crippen molar-refractivity contribution in [3.05, 3.63) is 22.3 Å². The van der Waals surface area contributed by atoms with Gasteiger partial charge in [0.05, 0.1) is 10.6 Å². The van der Waals surface area contributed by atoms with Crippen LogP contribution in [-0.2, 0) is 10.0 Å². The SMILES string of the molecule is N#Cc1nc(S(N)(=O)=O)c(C(F)F)cc1Cl. The molecule has 0 saturated heterocycles. The molecule has 0 aromatic carbocycles. The van der Waals surface area contributed by atoms with Crippen molar-refractivity contribution in [1.29, 1.82) is 5.26 Å². The second kappa shape index (κ2) is 4.29. The molecule has 0 aliphatic heterocycles. The highest BCUT2D eigenvalue weighted by Gasteiger charge is 2.24. The predicted molar refractivity (Wildman–Crippen MR) is 50.3 cm³/mol. The Kier molecular flexibility index (Phi) is 3.42. The average Bonchev–Trinajstić information content (AvgIpc) is 2.15. The summed E-state index contributed by atoms with van der Waals surface area (Å²) in [7, 11) is -4.43. The summed E-state index contributed by atoms with van der Waals surface area (Å²) < 4.78 is 46.9. The Bertz CT molecular complexity index is 568. The molecule has 86 valence electrons. The van der Waals surface area contributed by atoms with Crippen molar-refractivity contribution in [3.8, 4) is 6.07 Å². The first-order chi connectivity index (χ1) is 7.27. The Morgan fingerprint density at radius 1 is 1.56 bits per heavy atom. The van der Waals surface area contributed by atoms with Crippen molar-refractivity contribution in [1.82, 2.24) is 4.98 Å². The molecule has 0 unspecified atom stereocenters. The summed E-state index contributed by atoms with van der Waals surface area (Å²) in [6.45, 7) is 0. The highest BCUT2D eigenvalue weighted by atomic mass is 35.5. The number of alkyl halides is 2. The number of pyridine rings is 1. The molecule has 0 atom stereocenters. The van der Waals surface area contributed by atoms with E-state index in [1.807, 2.05) is 0 Å². The van der Waals surface area contributed by atoms with Crippen molar-refractivity contribution in [3.63, 3.8) is 0 Å². The van der Waals surface area contributed by atoms with Crippen LogP contribution in [0.4, 0.5) is 8.78 Å². The molecule has 0 saturated carbocycles. The summed E-state index contributed by atoms with van der Waals surface area (Å²) in [4.78, 5) is 3.20. The molecule has 16 heavy (non-hydrogen) atoms. The zero-order chi connectivity index (χ0) is 12.5. The minimum absolute atomic E-state index is 0.356. The molecule has 9 heteroatoms. The lowest BCUT2D eigenvalue weighted by Crippen LogP contribution is -2.17. The molecule has 2 N–H and O–H groups in total. The van der Waals surface area contributed by atoms with Gasteiger partial charge < -0.3 is 0 Å². The fraction of sp³-hybridized carbons (Fsp3) is 0.143. The van der Waals surface area contributed by atoms with E-state index in [-0.39, 0.29) is 5.02 Å². The summed E-state index contributed by atoms with van der Waals surface area (Å²) in [6.07, 6.45) is -3.11. The van der Waals surface area contributed by atoms with Crippen LogP contribution in [0.25, 0.3) is 0 Å². The number of hydrogen-bond donors (Lipinski definition) is 1. The van der Waals surface area contributed by atoms with Crippen molar-refractivity contribution in [2.75, 3.05) is 0 Å². The summed E-state index contributed by atoms with van der Waals surface area (Å²) >= 11 is 5.44. The zero-order valence-corrected chi connectivity index (χ0v) is 9.06. The molecular formula is C7H4ClF2N3O2S. The van der Waals surface area contributed by atoms with Gasteiger partial charge in [0, 0.05) is 0 Å². The average molecular weight is 268 g/mol. The third-order valence-electron chi connectivity index (χ3n) is 1.58. The highest BCUT2D eigenvalue weighted by molar-refractivity contribution is 7.89. The van der Waals surface area contributed by atoms with Crippen molar-refractivity contribution < 1.29 is 17.2 Å². The maximum Gasteiger partial charge on any atom is 0.266 e. The van der Waals surface area contributed by atoms with E-state index < -0.39 is 32.7 Å². The normalized spacial score (nSPS) is 11.5. The lowest BCUT2D eigenvalue weighted by molar-refractivity contribution is 0.147. The molecule has 1 rings (SSSR count). The second-order valence-electron chi connectivity index (χ2n) is 2.67. The first kappa shape index (κ1) is 12.8. The van der Waals surface area contributed by atoms with Gasteiger partial charge in [-0.25, -0.2) is 27.3 Å². The zero-order valence-electron chi connectivity index (χ0n) is 7.49. The van der Waals surface area contributed by atoms with Crippen LogP contribution in [0, 0.1) is 11.3 Å². The van der Waals surface area contributed by atoms with E-state index >= 15 is 0 Å². The molecule has 0 aliphatic carbocycles. The first-order valence-electron chi connectivity index (χ1n) is 3.69. The monoisotopic (exact) mass is 267 g/mol. The first-order valence-corrected chi connectivity index (χ1v) is 5.61. The molecule has 1 aromatic heterocycles. The number of nitrogens with zero attached hydrogens (tertiary/aromatic N) is 2. The lowest BCUT2D eigenvalue weighted by Gasteiger charge is -2.07. The van der Waals surface area contributed by atoms with Gasteiger partial charge >= 0.3 is 0 Å². The number of primary sulfonamides is 1. The lowest BCUT2D eigenvalue weighted by atomic mass is 10.2. The molecule has 0 spiro atoms. The number of hydrogen-bond acceptors (Lipinski definition) is 4. The van der Waals surface area contributed by atoms with E-state index in [2.05, 4.69) is 4.98 Å². The smallest absolute Gasteiger partial charge is 0.223 e. The number of nitriles is 1. The molecule has 0 aliphatic rings. The molecule has 0 amide bonds. The maximum atomic E-state index is 12.5. The number of aromatic nitrogens is 1. The van der Waals surface area contributed by atoms with Crippen LogP contribution in [0.15, 0.2) is 11.1 Å². The minimum Gasteiger partial charge on any atom is -0.223 e. The van der Waals surface area contributed by atoms with Crippen LogP contribution in [0.5, 0.6) is 0 Å². The standard InChI is InChI=1S/C7H4ClF2N3O2S/c8-4-1-3(6(9)10)7(16(12,14)15)13-5(4)2-11/h1,6H,(H2,12,14,15). The largest absolute Gasteiger partial charge is 0.266 e. The van der Waals surface area contributed by atoms with E-state index in [1.165, 1.54) is 6.07 Å². The highest BCUT2D eigenvalue weighted by Crippen LogP contribution is 2.28. The van der Waals surface area contributed by atoms with Gasteiger partial charge in [0.15, 0.2) is 10.7 Å². The van der Waals surface area contributed by atoms with Gasteiger partial charge in [-0.15, -0.1) is 0 Å². The third kappa shape index (κ3) is 2.44. The summed E-state index contributed by atoms with van der Waals surface area (Å²) in [5.74, 6) is 0. The van der Waals surface area contributed by atoms with Crippen LogP contribution in [0.2, 0.25) is 5.02 Å². The van der Waals surface area contributed by atoms with Crippen molar-refractivity contribution >= 4 is 21.6 Å². The molecule has 5 nitrogen and oxygen atoms in total. The Morgan fingerprint density at radius 2 is 2.12 bits per heavy atom. The number of rotatable bonds is 2. The molecule has 0 fully saturated rings. The van der Waals surface area contributed by atoms with E-state index in [1.54, 1.807) is 0 Å². The van der Waals surface area contributed by atoms with Crippen LogP contribution < -0.4 is 5.14 Å². The quantitative estimate of drug-likeness (QED) is 0.870. The summed E-state index contributed by atoms with van der Waals surface area (Å²) in [6, 6.07) is 2.13. The van der Waals surface area contributed by atoms with Crippen LogP contribution in [0.1, 0.15) is 17.7 Å². The van der Waals surface area contributed by atoms with Gasteiger partial charge in [-0.1, -0.05) is 11.6 Å². The van der Waals surface area contributed by atoms with E-state index in [0.29, 0.717) is 6.07 Å². The Hall–Kier alpha value is -1.30. The second-order valence-corrected chi connectivity index (χ2v) is 4.55. The predicted octanol–water partition coefficient (Wildman–Crippen LogP) is 1.19. The van der Waals surface area contributed by atoms with Gasteiger partial charge in [0.2, 0.25) is 0 Å². The molecule has 1 heterocycles. The van der Waals surface area contributed by atoms with Crippen molar-refractivity contribution in [2.45, 2.75) is 11.5 Å². The number of halogens is 3. The van der Waals surface area contributed by atoms with Gasteiger partial charge in [-0.3, -0.25) is 0 Å². The maximum absolute atomic E-state index is 12.5. The van der Waals surface area contributed by atoms with Gasteiger partial charge in [-0.05, 0) is 6.07 Å². The molecular weight excluding hydrogens is 264 g/mol. The Morgan fingerprint density at radius 3 is 2.50 bits per heavy atom. The summed E-state index contributed by atoms with van der Waals surface area (Å²) in [5, 5.41) is 11.8. The van der Waals surface area contributed by atoms with E-state index in [9.17, 15) is 17.2 Å². The topological polar surface area (TPSA) is 96.8 Å². The number of nitrogens with two attached hydrogens (primary N) is 1. The minimum atomic E-state index is -4.43. The summed E-state index contributed by atoms with van der Waals surface area (Å²) in [5.41, 5.74) is -1.40. The molecule has 0 radical (unpaired) electrons. The Labute approximate surface area is 94.5 Å². The van der Waals surface area contributed by atoms with Gasteiger partial charge in [0.25, 0.3) is 16.4 Å². The number of sulfonamides is 1. The Balaban J connectivity index is 3.64. The van der Waals surface area contributed by atoms with Crippen LogP contribution in [0.3, 0.4) is 0 Å². The van der Waals surface area contributed by atoms with Gasteiger partial charge in [0.1, 0.15) is 6.07 Å².